The maximum Gasteiger partial charge on any atom is 0.270 e. The van der Waals surface area contributed by atoms with Gasteiger partial charge in [0.1, 0.15) is 0 Å². The number of amides is 1. The minimum Gasteiger partial charge on any atom is -0.351 e. The number of nitrogens with zero attached hydrogens (tertiary/aromatic N) is 2. The Morgan fingerprint density at radius 2 is 2.10 bits per heavy atom. The van der Waals surface area contributed by atoms with Crippen molar-refractivity contribution in [3.05, 3.63) is 38.3 Å². The maximum absolute atomic E-state index is 12.0. The molecule has 2 rings (SSSR count). The third-order valence-corrected chi connectivity index (χ3v) is 4.01. The lowest BCUT2D eigenvalue weighted by Crippen LogP contribution is -2.33. The van der Waals surface area contributed by atoms with E-state index in [1.165, 1.54) is 31.0 Å². The van der Waals surface area contributed by atoms with E-state index in [1.54, 1.807) is 0 Å². The summed E-state index contributed by atoms with van der Waals surface area (Å²) in [4.78, 5) is 24.5. The monoisotopic (exact) mass is 341 g/mol. The smallest absolute Gasteiger partial charge is 0.270 e. The summed E-state index contributed by atoms with van der Waals surface area (Å²) in [6, 6.07) is 4.17. The number of halogens is 1. The summed E-state index contributed by atoms with van der Waals surface area (Å²) in [5, 5.41) is 13.5. The number of carbonyl (C=O) groups excluding carboxylic acids is 1. The number of benzene rings is 1. The molecule has 7 heteroatoms. The summed E-state index contributed by atoms with van der Waals surface area (Å²) in [7, 11) is 0. The molecule has 6 nitrogen and oxygen atoms in total. The largest absolute Gasteiger partial charge is 0.351 e. The van der Waals surface area contributed by atoms with Crippen LogP contribution in [0.2, 0.25) is 0 Å². The zero-order chi connectivity index (χ0) is 14.5. The lowest BCUT2D eigenvalue weighted by atomic mass is 10.2. The van der Waals surface area contributed by atoms with Crippen LogP contribution in [0.4, 0.5) is 5.69 Å². The molecule has 0 aliphatic carbocycles. The van der Waals surface area contributed by atoms with Crippen molar-refractivity contribution >= 4 is 27.5 Å². The van der Waals surface area contributed by atoms with Crippen LogP contribution in [0.3, 0.4) is 0 Å². The van der Waals surface area contributed by atoms with Crippen LogP contribution in [0.5, 0.6) is 0 Å². The summed E-state index contributed by atoms with van der Waals surface area (Å²) in [6.07, 6.45) is 2.43. The van der Waals surface area contributed by atoms with E-state index in [0.717, 1.165) is 19.6 Å². The maximum atomic E-state index is 12.0. The molecule has 1 aromatic carbocycles. The van der Waals surface area contributed by atoms with Gasteiger partial charge in [0, 0.05) is 29.7 Å². The molecule has 1 aromatic rings. The number of nitro groups is 1. The molecule has 20 heavy (non-hydrogen) atoms. The average Bonchev–Trinajstić information content (AvgIpc) is 2.92. The van der Waals surface area contributed by atoms with Crippen molar-refractivity contribution in [2.75, 3.05) is 26.2 Å². The molecule has 1 saturated heterocycles. The molecule has 1 aliphatic rings. The Morgan fingerprint density at radius 3 is 2.75 bits per heavy atom. The second kappa shape index (κ2) is 6.81. The lowest BCUT2D eigenvalue weighted by molar-refractivity contribution is -0.384. The highest BCUT2D eigenvalue weighted by Gasteiger charge is 2.16. The number of nitrogens with one attached hydrogen (secondary N) is 1. The van der Waals surface area contributed by atoms with E-state index in [4.69, 9.17) is 0 Å². The van der Waals surface area contributed by atoms with E-state index in [1.807, 2.05) is 0 Å². The second-order valence-corrected chi connectivity index (χ2v) is 5.58. The Hall–Kier alpha value is -1.47. The van der Waals surface area contributed by atoms with Gasteiger partial charge in [0.05, 0.1) is 10.5 Å². The molecule has 0 radical (unpaired) electrons. The molecule has 1 heterocycles. The molecule has 1 amide bonds. The van der Waals surface area contributed by atoms with Gasteiger partial charge in [-0.2, -0.15) is 0 Å². The van der Waals surface area contributed by atoms with Gasteiger partial charge in [-0.05, 0) is 47.9 Å². The lowest BCUT2D eigenvalue weighted by Gasteiger charge is -2.14. The van der Waals surface area contributed by atoms with E-state index < -0.39 is 4.92 Å². The van der Waals surface area contributed by atoms with E-state index in [-0.39, 0.29) is 11.6 Å². The van der Waals surface area contributed by atoms with Crippen molar-refractivity contribution in [1.82, 2.24) is 10.2 Å². The summed E-state index contributed by atoms with van der Waals surface area (Å²) >= 11 is 3.24. The average molecular weight is 342 g/mol. The van der Waals surface area contributed by atoms with Gasteiger partial charge in [0.25, 0.3) is 11.6 Å². The fourth-order valence-electron chi connectivity index (χ4n) is 2.23. The van der Waals surface area contributed by atoms with Crippen LogP contribution in [-0.2, 0) is 0 Å². The molecular weight excluding hydrogens is 326 g/mol. The molecule has 0 aromatic heterocycles. The van der Waals surface area contributed by atoms with Crippen LogP contribution in [-0.4, -0.2) is 41.9 Å². The van der Waals surface area contributed by atoms with Gasteiger partial charge in [-0.25, -0.2) is 0 Å². The number of likely N-dealkylation sites (tertiary alicyclic amines) is 1. The highest BCUT2D eigenvalue weighted by molar-refractivity contribution is 9.10. The van der Waals surface area contributed by atoms with E-state index in [9.17, 15) is 14.9 Å². The van der Waals surface area contributed by atoms with Gasteiger partial charge in [-0.1, -0.05) is 0 Å². The van der Waals surface area contributed by atoms with Gasteiger partial charge in [-0.15, -0.1) is 0 Å². The second-order valence-electron chi connectivity index (χ2n) is 4.73. The highest BCUT2D eigenvalue weighted by Crippen LogP contribution is 2.22. The Labute approximate surface area is 125 Å². The SMILES string of the molecule is O=C(NCCN1CCCC1)c1cc([N+](=O)[O-])ccc1Br. The summed E-state index contributed by atoms with van der Waals surface area (Å²) in [5.41, 5.74) is 0.207. The number of hydrogen-bond acceptors (Lipinski definition) is 4. The Bertz CT molecular complexity index is 516. The molecular formula is C13H16BrN3O3. The summed E-state index contributed by atoms with van der Waals surface area (Å²) < 4.78 is 0.557. The van der Waals surface area contributed by atoms with Crippen LogP contribution in [0.15, 0.2) is 22.7 Å². The van der Waals surface area contributed by atoms with Gasteiger partial charge in [0.15, 0.2) is 0 Å². The number of rotatable bonds is 5. The van der Waals surface area contributed by atoms with Gasteiger partial charge in [0.2, 0.25) is 0 Å². The number of non-ortho nitro benzene ring substituents is 1. The van der Waals surface area contributed by atoms with Crippen LogP contribution in [0.1, 0.15) is 23.2 Å². The molecule has 108 valence electrons. The van der Waals surface area contributed by atoms with E-state index >= 15 is 0 Å². The molecule has 0 saturated carbocycles. The Kier molecular flexibility index (Phi) is 5.08. The quantitative estimate of drug-likeness (QED) is 0.657. The van der Waals surface area contributed by atoms with Gasteiger partial charge in [-0.3, -0.25) is 14.9 Å². The van der Waals surface area contributed by atoms with Crippen LogP contribution in [0.25, 0.3) is 0 Å². The predicted molar refractivity (Wildman–Crippen MR) is 78.8 cm³/mol. The first kappa shape index (κ1) is 14.9. The fraction of sp³-hybridized carbons (Fsp3) is 0.462. The molecule has 0 unspecified atom stereocenters. The summed E-state index contributed by atoms with van der Waals surface area (Å²) in [6.45, 7) is 3.53. The van der Waals surface area contributed by atoms with Crippen molar-refractivity contribution in [2.24, 2.45) is 0 Å². The van der Waals surface area contributed by atoms with E-state index in [0.29, 0.717) is 16.6 Å². The highest BCUT2D eigenvalue weighted by atomic mass is 79.9. The molecule has 0 bridgehead atoms. The van der Waals surface area contributed by atoms with Crippen LogP contribution >= 0.6 is 15.9 Å². The zero-order valence-electron chi connectivity index (χ0n) is 11.0. The molecule has 1 fully saturated rings. The fourth-order valence-corrected chi connectivity index (χ4v) is 2.66. The molecule has 0 spiro atoms. The minimum atomic E-state index is -0.506. The Balaban J connectivity index is 1.94. The van der Waals surface area contributed by atoms with Crippen LogP contribution < -0.4 is 5.32 Å². The zero-order valence-corrected chi connectivity index (χ0v) is 12.6. The van der Waals surface area contributed by atoms with Crippen molar-refractivity contribution < 1.29 is 9.72 Å². The van der Waals surface area contributed by atoms with Crippen molar-refractivity contribution in [2.45, 2.75) is 12.8 Å². The third kappa shape index (κ3) is 3.77. The first-order valence-corrected chi connectivity index (χ1v) is 7.32. The van der Waals surface area contributed by atoms with Crippen molar-refractivity contribution in [3.8, 4) is 0 Å². The number of carbonyl (C=O) groups is 1. The third-order valence-electron chi connectivity index (χ3n) is 3.32. The summed E-state index contributed by atoms with van der Waals surface area (Å²) in [5.74, 6) is -0.292. The normalized spacial score (nSPS) is 15.2. The van der Waals surface area contributed by atoms with Gasteiger partial charge >= 0.3 is 0 Å². The topological polar surface area (TPSA) is 75.5 Å². The first-order valence-electron chi connectivity index (χ1n) is 6.52. The van der Waals surface area contributed by atoms with E-state index in [2.05, 4.69) is 26.1 Å². The van der Waals surface area contributed by atoms with Crippen LogP contribution in [0, 0.1) is 10.1 Å². The minimum absolute atomic E-state index is 0.0853. The number of nitro benzene ring substituents is 1. The molecule has 1 N–H and O–H groups in total. The molecule has 0 atom stereocenters. The standard InChI is InChI=1S/C13H16BrN3O3/c14-12-4-3-10(17(19)20)9-11(12)13(18)15-5-8-16-6-1-2-7-16/h3-4,9H,1-2,5-8H2,(H,15,18). The number of hydrogen-bond donors (Lipinski definition) is 1. The molecule has 1 aliphatic heterocycles. The van der Waals surface area contributed by atoms with Gasteiger partial charge < -0.3 is 10.2 Å². The van der Waals surface area contributed by atoms with Crippen molar-refractivity contribution in [3.63, 3.8) is 0 Å². The predicted octanol–water partition coefficient (Wildman–Crippen LogP) is 2.18. The van der Waals surface area contributed by atoms with Crippen molar-refractivity contribution in [1.29, 1.82) is 0 Å². The Morgan fingerprint density at radius 1 is 1.40 bits per heavy atom. The first-order chi connectivity index (χ1) is 9.58.